The first-order chi connectivity index (χ1) is 8.60. The van der Waals surface area contributed by atoms with Crippen molar-refractivity contribution in [1.82, 2.24) is 9.78 Å². The van der Waals surface area contributed by atoms with Crippen molar-refractivity contribution in [2.75, 3.05) is 5.32 Å². The van der Waals surface area contributed by atoms with Crippen LogP contribution < -0.4 is 5.32 Å². The Kier molecular flexibility index (Phi) is 3.54. The predicted octanol–water partition coefficient (Wildman–Crippen LogP) is 3.12. The van der Waals surface area contributed by atoms with Gasteiger partial charge in [0.15, 0.2) is 0 Å². The van der Waals surface area contributed by atoms with Gasteiger partial charge in [0.1, 0.15) is 0 Å². The predicted molar refractivity (Wildman–Crippen MR) is 71.4 cm³/mol. The molecule has 0 saturated carbocycles. The normalized spacial score (nSPS) is 11.9. The molecule has 1 unspecified atom stereocenters. The van der Waals surface area contributed by atoms with E-state index in [1.165, 1.54) is 0 Å². The van der Waals surface area contributed by atoms with Crippen molar-refractivity contribution in [3.63, 3.8) is 0 Å². The second kappa shape index (κ2) is 5.11. The molecule has 0 aliphatic heterocycles. The second-order valence-electron chi connectivity index (χ2n) is 4.12. The lowest BCUT2D eigenvalue weighted by Crippen LogP contribution is -2.06. The van der Waals surface area contributed by atoms with Crippen LogP contribution in [0.1, 0.15) is 24.1 Å². The zero-order chi connectivity index (χ0) is 13.1. The fourth-order valence-corrected chi connectivity index (χ4v) is 1.92. The Balaban J connectivity index is 2.17. The lowest BCUT2D eigenvalue weighted by Gasteiger charge is -2.14. The van der Waals surface area contributed by atoms with Gasteiger partial charge < -0.3 is 5.32 Å². The van der Waals surface area contributed by atoms with Crippen LogP contribution in [-0.4, -0.2) is 9.78 Å². The van der Waals surface area contributed by atoms with E-state index in [9.17, 15) is 0 Å². The summed E-state index contributed by atoms with van der Waals surface area (Å²) >= 11 is 6.11. The number of nitriles is 1. The molecule has 0 bridgehead atoms. The summed E-state index contributed by atoms with van der Waals surface area (Å²) in [6.07, 6.45) is 3.77. The van der Waals surface area contributed by atoms with Crippen LogP contribution in [0.25, 0.3) is 0 Å². The first kappa shape index (κ1) is 12.5. The Labute approximate surface area is 111 Å². The number of hydrogen-bond acceptors (Lipinski definition) is 3. The Morgan fingerprint density at radius 3 is 2.83 bits per heavy atom. The zero-order valence-electron chi connectivity index (χ0n) is 10.2. The summed E-state index contributed by atoms with van der Waals surface area (Å²) in [5.74, 6) is 0. The molecule has 0 saturated heterocycles. The standard InChI is InChI=1S/C13H13ClN4/c1-9(11-7-16-18(2)8-11)17-13-4-3-10(6-15)5-12(13)14/h3-5,7-9,17H,1-2H3. The smallest absolute Gasteiger partial charge is 0.0992 e. The van der Waals surface area contributed by atoms with Crippen molar-refractivity contribution < 1.29 is 0 Å². The molecule has 0 spiro atoms. The highest BCUT2D eigenvalue weighted by atomic mass is 35.5. The average Bonchev–Trinajstić information content (AvgIpc) is 2.78. The van der Waals surface area contributed by atoms with Gasteiger partial charge in [0, 0.05) is 18.8 Å². The van der Waals surface area contributed by atoms with Crippen molar-refractivity contribution in [2.45, 2.75) is 13.0 Å². The molecule has 2 aromatic rings. The Morgan fingerprint density at radius 1 is 1.50 bits per heavy atom. The number of nitrogens with zero attached hydrogens (tertiary/aromatic N) is 3. The van der Waals surface area contributed by atoms with E-state index in [1.807, 2.05) is 32.4 Å². The monoisotopic (exact) mass is 260 g/mol. The quantitative estimate of drug-likeness (QED) is 0.923. The maximum absolute atomic E-state index is 8.78. The third-order valence-corrected chi connectivity index (χ3v) is 3.01. The molecule has 0 radical (unpaired) electrons. The van der Waals surface area contributed by atoms with Crippen LogP contribution in [0.5, 0.6) is 0 Å². The number of halogens is 1. The topological polar surface area (TPSA) is 53.6 Å². The van der Waals surface area contributed by atoms with Crippen molar-refractivity contribution in [2.24, 2.45) is 7.05 Å². The van der Waals surface area contributed by atoms with Crippen LogP contribution in [-0.2, 0) is 7.05 Å². The molecule has 4 nitrogen and oxygen atoms in total. The highest BCUT2D eigenvalue weighted by Gasteiger charge is 2.09. The van der Waals surface area contributed by atoms with Gasteiger partial charge in [-0.1, -0.05) is 11.6 Å². The van der Waals surface area contributed by atoms with E-state index in [1.54, 1.807) is 16.8 Å². The molecule has 18 heavy (non-hydrogen) atoms. The minimum absolute atomic E-state index is 0.101. The number of aryl methyl sites for hydroxylation is 1. The fourth-order valence-electron chi connectivity index (χ4n) is 1.68. The van der Waals surface area contributed by atoms with Crippen LogP contribution in [0.15, 0.2) is 30.6 Å². The van der Waals surface area contributed by atoms with Gasteiger partial charge in [-0.25, -0.2) is 0 Å². The van der Waals surface area contributed by atoms with Crippen molar-refractivity contribution in [3.05, 3.63) is 46.7 Å². The fraction of sp³-hybridized carbons (Fsp3) is 0.231. The number of hydrogen-bond donors (Lipinski definition) is 1. The molecule has 0 aliphatic carbocycles. The molecule has 0 amide bonds. The third kappa shape index (κ3) is 2.63. The van der Waals surface area contributed by atoms with Gasteiger partial charge in [0.2, 0.25) is 0 Å². The second-order valence-corrected chi connectivity index (χ2v) is 4.53. The van der Waals surface area contributed by atoms with Crippen molar-refractivity contribution >= 4 is 17.3 Å². The maximum atomic E-state index is 8.78. The molecule has 0 aliphatic rings. The van der Waals surface area contributed by atoms with Crippen LogP contribution in [0.3, 0.4) is 0 Å². The Hall–Kier alpha value is -1.99. The van der Waals surface area contributed by atoms with Crippen LogP contribution in [0.2, 0.25) is 5.02 Å². The number of anilines is 1. The molecular weight excluding hydrogens is 248 g/mol. The van der Waals surface area contributed by atoms with E-state index in [4.69, 9.17) is 16.9 Å². The summed E-state index contributed by atoms with van der Waals surface area (Å²) in [6, 6.07) is 7.36. The molecule has 2 rings (SSSR count). The molecule has 92 valence electrons. The largest absolute Gasteiger partial charge is 0.377 e. The molecule has 5 heteroatoms. The van der Waals surface area contributed by atoms with Crippen molar-refractivity contribution in [1.29, 1.82) is 5.26 Å². The Morgan fingerprint density at radius 2 is 2.28 bits per heavy atom. The molecule has 1 heterocycles. The zero-order valence-corrected chi connectivity index (χ0v) is 10.9. The number of aromatic nitrogens is 2. The van der Waals surface area contributed by atoms with Gasteiger partial charge in [-0.15, -0.1) is 0 Å². The number of rotatable bonds is 3. The van der Waals surface area contributed by atoms with Gasteiger partial charge in [0.05, 0.1) is 34.6 Å². The van der Waals surface area contributed by atoms with E-state index in [0.29, 0.717) is 10.6 Å². The summed E-state index contributed by atoms with van der Waals surface area (Å²) in [4.78, 5) is 0. The summed E-state index contributed by atoms with van der Waals surface area (Å²) in [7, 11) is 1.88. The molecule has 0 fully saturated rings. The number of nitrogens with one attached hydrogen (secondary N) is 1. The van der Waals surface area contributed by atoms with E-state index < -0.39 is 0 Å². The highest BCUT2D eigenvalue weighted by molar-refractivity contribution is 6.33. The van der Waals surface area contributed by atoms with Crippen LogP contribution in [0, 0.1) is 11.3 Å². The summed E-state index contributed by atoms with van der Waals surface area (Å²) in [5.41, 5.74) is 2.45. The molecule has 1 aromatic carbocycles. The van der Waals surface area contributed by atoms with E-state index in [0.717, 1.165) is 11.3 Å². The van der Waals surface area contributed by atoms with Gasteiger partial charge >= 0.3 is 0 Å². The lowest BCUT2D eigenvalue weighted by atomic mass is 10.1. The molecule has 1 N–H and O–H groups in total. The lowest BCUT2D eigenvalue weighted by molar-refractivity contribution is 0.765. The first-order valence-corrected chi connectivity index (χ1v) is 5.92. The first-order valence-electron chi connectivity index (χ1n) is 5.55. The molecule has 1 atom stereocenters. The van der Waals surface area contributed by atoms with E-state index >= 15 is 0 Å². The van der Waals surface area contributed by atoms with Gasteiger partial charge in [-0.05, 0) is 25.1 Å². The van der Waals surface area contributed by atoms with Crippen LogP contribution >= 0.6 is 11.6 Å². The van der Waals surface area contributed by atoms with Crippen LogP contribution in [0.4, 0.5) is 5.69 Å². The molecular formula is C13H13ClN4. The van der Waals surface area contributed by atoms with E-state index in [2.05, 4.69) is 16.5 Å². The maximum Gasteiger partial charge on any atom is 0.0992 e. The summed E-state index contributed by atoms with van der Waals surface area (Å²) < 4.78 is 1.76. The van der Waals surface area contributed by atoms with Gasteiger partial charge in [0.25, 0.3) is 0 Å². The van der Waals surface area contributed by atoms with E-state index in [-0.39, 0.29) is 6.04 Å². The minimum Gasteiger partial charge on any atom is -0.377 e. The summed E-state index contributed by atoms with van der Waals surface area (Å²) in [5, 5.41) is 16.7. The van der Waals surface area contributed by atoms with Gasteiger partial charge in [-0.3, -0.25) is 4.68 Å². The minimum atomic E-state index is 0.101. The number of benzene rings is 1. The summed E-state index contributed by atoms with van der Waals surface area (Å²) in [6.45, 7) is 2.03. The van der Waals surface area contributed by atoms with Crippen molar-refractivity contribution in [3.8, 4) is 6.07 Å². The highest BCUT2D eigenvalue weighted by Crippen LogP contribution is 2.26. The van der Waals surface area contributed by atoms with Gasteiger partial charge in [-0.2, -0.15) is 10.4 Å². The SMILES string of the molecule is CC(Nc1ccc(C#N)cc1Cl)c1cnn(C)c1. The Bertz CT molecular complexity index is 597. The molecule has 1 aromatic heterocycles. The third-order valence-electron chi connectivity index (χ3n) is 2.70. The average molecular weight is 261 g/mol.